The van der Waals surface area contributed by atoms with E-state index in [-0.39, 0.29) is 0 Å². The standard InChI is InChI=1S/C14H22N2O/c1-3-4-12-11-16(10-9-15-12)13-5-7-14(17-2)8-6-13/h5-8,12,15H,3-4,9-11H2,1-2H3. The molecule has 3 nitrogen and oxygen atoms in total. The summed E-state index contributed by atoms with van der Waals surface area (Å²) in [6.07, 6.45) is 2.50. The predicted molar refractivity (Wildman–Crippen MR) is 71.9 cm³/mol. The average molecular weight is 234 g/mol. The van der Waals surface area contributed by atoms with Gasteiger partial charge in [-0.3, -0.25) is 0 Å². The van der Waals surface area contributed by atoms with Gasteiger partial charge in [-0.2, -0.15) is 0 Å². The van der Waals surface area contributed by atoms with Crippen LogP contribution in [0.25, 0.3) is 0 Å². The average Bonchev–Trinajstić information content (AvgIpc) is 2.40. The zero-order chi connectivity index (χ0) is 12.1. The van der Waals surface area contributed by atoms with Gasteiger partial charge in [-0.1, -0.05) is 13.3 Å². The summed E-state index contributed by atoms with van der Waals surface area (Å²) in [6.45, 7) is 5.53. The first kappa shape index (κ1) is 12.2. The summed E-state index contributed by atoms with van der Waals surface area (Å²) in [7, 11) is 1.71. The van der Waals surface area contributed by atoms with Crippen LogP contribution in [0.2, 0.25) is 0 Å². The number of piperazine rings is 1. The summed E-state index contributed by atoms with van der Waals surface area (Å²) in [4.78, 5) is 2.45. The van der Waals surface area contributed by atoms with E-state index >= 15 is 0 Å². The highest BCUT2D eigenvalue weighted by Gasteiger charge is 2.18. The Labute approximate surface area is 104 Å². The van der Waals surface area contributed by atoms with Crippen LogP contribution >= 0.6 is 0 Å². The third kappa shape index (κ3) is 3.13. The fraction of sp³-hybridized carbons (Fsp3) is 0.571. The molecule has 1 heterocycles. The molecule has 1 aromatic carbocycles. The Morgan fingerprint density at radius 2 is 2.12 bits per heavy atom. The lowest BCUT2D eigenvalue weighted by atomic mass is 10.1. The maximum atomic E-state index is 5.19. The third-order valence-corrected chi connectivity index (χ3v) is 3.33. The van der Waals surface area contributed by atoms with Crippen molar-refractivity contribution < 1.29 is 4.74 Å². The van der Waals surface area contributed by atoms with E-state index in [1.807, 2.05) is 12.1 Å². The molecule has 0 radical (unpaired) electrons. The molecule has 0 saturated carbocycles. The van der Waals surface area contributed by atoms with E-state index < -0.39 is 0 Å². The molecule has 1 fully saturated rings. The molecule has 0 spiro atoms. The van der Waals surface area contributed by atoms with E-state index in [2.05, 4.69) is 29.3 Å². The van der Waals surface area contributed by atoms with Gasteiger partial charge in [-0.25, -0.2) is 0 Å². The molecule has 1 atom stereocenters. The lowest BCUT2D eigenvalue weighted by Crippen LogP contribution is -2.50. The van der Waals surface area contributed by atoms with Crippen molar-refractivity contribution in [1.29, 1.82) is 0 Å². The van der Waals surface area contributed by atoms with Crippen molar-refractivity contribution in [2.75, 3.05) is 31.6 Å². The van der Waals surface area contributed by atoms with Gasteiger partial charge in [0.15, 0.2) is 0 Å². The second kappa shape index (κ2) is 5.92. The van der Waals surface area contributed by atoms with Crippen molar-refractivity contribution in [2.24, 2.45) is 0 Å². The zero-order valence-corrected chi connectivity index (χ0v) is 10.8. The summed E-state index contributed by atoms with van der Waals surface area (Å²) in [5.74, 6) is 0.925. The Hall–Kier alpha value is -1.22. The molecule has 1 unspecified atom stereocenters. The number of anilines is 1. The lowest BCUT2D eigenvalue weighted by molar-refractivity contribution is 0.414. The van der Waals surface area contributed by atoms with E-state index in [1.54, 1.807) is 7.11 Å². The molecule has 2 rings (SSSR count). The molecule has 1 aliphatic rings. The van der Waals surface area contributed by atoms with Gasteiger partial charge in [0.2, 0.25) is 0 Å². The number of hydrogen-bond donors (Lipinski definition) is 1. The molecular weight excluding hydrogens is 212 g/mol. The molecule has 0 aromatic heterocycles. The van der Waals surface area contributed by atoms with Gasteiger partial charge in [0, 0.05) is 31.4 Å². The van der Waals surface area contributed by atoms with E-state index in [9.17, 15) is 0 Å². The Morgan fingerprint density at radius 3 is 2.76 bits per heavy atom. The van der Waals surface area contributed by atoms with Gasteiger partial charge in [-0.15, -0.1) is 0 Å². The van der Waals surface area contributed by atoms with Gasteiger partial charge >= 0.3 is 0 Å². The van der Waals surface area contributed by atoms with Crippen molar-refractivity contribution in [3.05, 3.63) is 24.3 Å². The van der Waals surface area contributed by atoms with Crippen LogP contribution in [0.4, 0.5) is 5.69 Å². The van der Waals surface area contributed by atoms with Crippen LogP contribution in [0, 0.1) is 0 Å². The number of methoxy groups -OCH3 is 1. The van der Waals surface area contributed by atoms with E-state index in [0.29, 0.717) is 6.04 Å². The van der Waals surface area contributed by atoms with E-state index in [1.165, 1.54) is 18.5 Å². The maximum Gasteiger partial charge on any atom is 0.119 e. The van der Waals surface area contributed by atoms with Gasteiger partial charge in [0.05, 0.1) is 7.11 Å². The summed E-state index contributed by atoms with van der Waals surface area (Å²) >= 11 is 0. The largest absolute Gasteiger partial charge is 0.497 e. The third-order valence-electron chi connectivity index (χ3n) is 3.33. The molecule has 1 aromatic rings. The smallest absolute Gasteiger partial charge is 0.119 e. The van der Waals surface area contributed by atoms with Gasteiger partial charge in [0.25, 0.3) is 0 Å². The highest BCUT2D eigenvalue weighted by Crippen LogP contribution is 2.20. The Balaban J connectivity index is 2.00. The van der Waals surface area contributed by atoms with Crippen LogP contribution < -0.4 is 15.0 Å². The summed E-state index contributed by atoms with van der Waals surface area (Å²) < 4.78 is 5.19. The van der Waals surface area contributed by atoms with Crippen molar-refractivity contribution in [2.45, 2.75) is 25.8 Å². The lowest BCUT2D eigenvalue weighted by Gasteiger charge is -2.35. The van der Waals surface area contributed by atoms with Crippen molar-refractivity contribution in [3.63, 3.8) is 0 Å². The number of benzene rings is 1. The number of rotatable bonds is 4. The van der Waals surface area contributed by atoms with Crippen LogP contribution in [0.5, 0.6) is 5.75 Å². The van der Waals surface area contributed by atoms with Crippen molar-refractivity contribution in [1.82, 2.24) is 5.32 Å². The van der Waals surface area contributed by atoms with E-state index in [0.717, 1.165) is 25.4 Å². The monoisotopic (exact) mass is 234 g/mol. The molecular formula is C14H22N2O. The van der Waals surface area contributed by atoms with Gasteiger partial charge in [0.1, 0.15) is 5.75 Å². The molecule has 94 valence electrons. The normalized spacial score (nSPS) is 20.4. The van der Waals surface area contributed by atoms with Gasteiger partial charge in [-0.05, 0) is 30.7 Å². The van der Waals surface area contributed by atoms with Crippen LogP contribution in [-0.4, -0.2) is 32.8 Å². The van der Waals surface area contributed by atoms with Crippen LogP contribution in [0.3, 0.4) is 0 Å². The Bertz CT molecular complexity index is 335. The van der Waals surface area contributed by atoms with Crippen LogP contribution in [0.1, 0.15) is 19.8 Å². The second-order valence-corrected chi connectivity index (χ2v) is 4.58. The summed E-state index contributed by atoms with van der Waals surface area (Å²) in [5.41, 5.74) is 1.30. The topological polar surface area (TPSA) is 24.5 Å². The maximum absolute atomic E-state index is 5.19. The second-order valence-electron chi connectivity index (χ2n) is 4.58. The van der Waals surface area contributed by atoms with Crippen LogP contribution in [0.15, 0.2) is 24.3 Å². The molecule has 0 amide bonds. The number of nitrogens with zero attached hydrogens (tertiary/aromatic N) is 1. The Morgan fingerprint density at radius 1 is 1.35 bits per heavy atom. The van der Waals surface area contributed by atoms with Gasteiger partial charge < -0.3 is 15.0 Å². The summed E-state index contributed by atoms with van der Waals surface area (Å²) in [5, 5.41) is 3.58. The first-order chi connectivity index (χ1) is 8.33. The number of ether oxygens (including phenoxy) is 1. The fourth-order valence-electron chi connectivity index (χ4n) is 2.39. The number of hydrogen-bond acceptors (Lipinski definition) is 3. The zero-order valence-electron chi connectivity index (χ0n) is 10.8. The molecule has 3 heteroatoms. The molecule has 17 heavy (non-hydrogen) atoms. The molecule has 0 bridgehead atoms. The molecule has 1 saturated heterocycles. The highest BCUT2D eigenvalue weighted by atomic mass is 16.5. The minimum atomic E-state index is 0.635. The first-order valence-corrected chi connectivity index (χ1v) is 6.46. The number of nitrogens with one attached hydrogen (secondary N) is 1. The van der Waals surface area contributed by atoms with Crippen LogP contribution in [-0.2, 0) is 0 Å². The Kier molecular flexibility index (Phi) is 4.26. The SMILES string of the molecule is CCCC1CN(c2ccc(OC)cc2)CCN1. The predicted octanol–water partition coefficient (Wildman–Crippen LogP) is 2.27. The molecule has 1 aliphatic heterocycles. The summed E-state index contributed by atoms with van der Waals surface area (Å²) in [6, 6.07) is 8.99. The van der Waals surface area contributed by atoms with Crippen molar-refractivity contribution >= 4 is 5.69 Å². The minimum Gasteiger partial charge on any atom is -0.497 e. The first-order valence-electron chi connectivity index (χ1n) is 6.46. The minimum absolute atomic E-state index is 0.635. The quantitative estimate of drug-likeness (QED) is 0.865. The molecule has 1 N–H and O–H groups in total. The fourth-order valence-corrected chi connectivity index (χ4v) is 2.39. The van der Waals surface area contributed by atoms with E-state index in [4.69, 9.17) is 4.74 Å². The highest BCUT2D eigenvalue weighted by molar-refractivity contribution is 5.49. The molecule has 0 aliphatic carbocycles. The van der Waals surface area contributed by atoms with Crippen molar-refractivity contribution in [3.8, 4) is 5.75 Å².